The molecule has 0 bridgehead atoms. The molecular formula is C23H25N9O2S. The highest BCUT2D eigenvalue weighted by Gasteiger charge is 2.30. The van der Waals surface area contributed by atoms with Gasteiger partial charge in [0.05, 0.1) is 30.4 Å². The van der Waals surface area contributed by atoms with Crippen molar-refractivity contribution < 1.29 is 8.42 Å². The topological polar surface area (TPSA) is 137 Å². The van der Waals surface area contributed by atoms with Crippen LogP contribution in [0.2, 0.25) is 0 Å². The summed E-state index contributed by atoms with van der Waals surface area (Å²) >= 11 is 0. The number of hydrogen-bond donors (Lipinski definition) is 1. The fourth-order valence-corrected chi connectivity index (χ4v) is 5.77. The van der Waals surface area contributed by atoms with E-state index in [1.807, 2.05) is 18.5 Å². The Morgan fingerprint density at radius 2 is 2.00 bits per heavy atom. The lowest BCUT2D eigenvalue weighted by Gasteiger charge is -2.35. The van der Waals surface area contributed by atoms with Crippen molar-refractivity contribution in [2.45, 2.75) is 24.4 Å². The van der Waals surface area contributed by atoms with Gasteiger partial charge in [-0.3, -0.25) is 9.58 Å². The van der Waals surface area contributed by atoms with E-state index in [-0.39, 0.29) is 17.5 Å². The highest BCUT2D eigenvalue weighted by Crippen LogP contribution is 2.26. The van der Waals surface area contributed by atoms with E-state index in [4.69, 9.17) is 0 Å². The SMILES string of the molecule is Cc1cccc(S(=O)(=O)N2CCN(CC(CC#N)n3cc(-c4ncnc5[nH]ccc45)cn3)CC2)n1. The molecule has 180 valence electrons. The molecule has 1 aliphatic rings. The summed E-state index contributed by atoms with van der Waals surface area (Å²) in [5.74, 6) is 0. The van der Waals surface area contributed by atoms with Crippen LogP contribution in [0, 0.1) is 18.3 Å². The van der Waals surface area contributed by atoms with Gasteiger partial charge in [0.2, 0.25) is 0 Å². The number of sulfonamides is 1. The number of rotatable bonds is 7. The second kappa shape index (κ2) is 9.53. The number of nitrogens with one attached hydrogen (secondary N) is 1. The molecule has 12 heteroatoms. The molecule has 5 heterocycles. The first-order chi connectivity index (χ1) is 17.0. The summed E-state index contributed by atoms with van der Waals surface area (Å²) < 4.78 is 29.2. The molecule has 35 heavy (non-hydrogen) atoms. The van der Waals surface area contributed by atoms with Gasteiger partial charge in [-0.05, 0) is 25.1 Å². The predicted molar refractivity (Wildman–Crippen MR) is 129 cm³/mol. The third kappa shape index (κ3) is 4.66. The first kappa shape index (κ1) is 23.1. The lowest BCUT2D eigenvalue weighted by molar-refractivity contribution is 0.162. The summed E-state index contributed by atoms with van der Waals surface area (Å²) in [5.41, 5.74) is 3.05. The van der Waals surface area contributed by atoms with Crippen molar-refractivity contribution in [2.75, 3.05) is 32.7 Å². The van der Waals surface area contributed by atoms with Crippen LogP contribution in [0.5, 0.6) is 0 Å². The van der Waals surface area contributed by atoms with E-state index in [1.54, 1.807) is 29.9 Å². The maximum absolute atomic E-state index is 13.0. The summed E-state index contributed by atoms with van der Waals surface area (Å²) in [7, 11) is -3.63. The standard InChI is InChI=1S/C23H25N9O2S/c1-17-3-2-4-21(29-17)35(33,34)31-11-9-30(10-12-31)15-19(5-7-24)32-14-18(13-28-32)22-20-6-8-25-23(20)27-16-26-22/h2-4,6,8,13-14,16,19H,5,9-12,15H2,1H3,(H,25,26,27). The number of H-pyrrole nitrogens is 1. The molecule has 1 fully saturated rings. The van der Waals surface area contributed by atoms with Crippen molar-refractivity contribution in [1.82, 2.24) is 38.9 Å². The van der Waals surface area contributed by atoms with Gasteiger partial charge in [-0.2, -0.15) is 14.7 Å². The van der Waals surface area contributed by atoms with Crippen LogP contribution in [0.4, 0.5) is 0 Å². The third-order valence-electron chi connectivity index (χ3n) is 6.20. The monoisotopic (exact) mass is 491 g/mol. The fourth-order valence-electron chi connectivity index (χ4n) is 4.35. The lowest BCUT2D eigenvalue weighted by atomic mass is 10.1. The van der Waals surface area contributed by atoms with E-state index >= 15 is 0 Å². The Bertz CT molecular complexity index is 1480. The van der Waals surface area contributed by atoms with Gasteiger partial charge >= 0.3 is 0 Å². The molecule has 0 aliphatic carbocycles. The van der Waals surface area contributed by atoms with Crippen molar-refractivity contribution in [3.63, 3.8) is 0 Å². The fraction of sp³-hybridized carbons (Fsp3) is 0.348. The van der Waals surface area contributed by atoms with Crippen LogP contribution < -0.4 is 0 Å². The van der Waals surface area contributed by atoms with E-state index in [1.165, 1.54) is 16.7 Å². The molecule has 4 aromatic rings. The van der Waals surface area contributed by atoms with Gasteiger partial charge in [-0.15, -0.1) is 0 Å². The van der Waals surface area contributed by atoms with Crippen LogP contribution in [0.3, 0.4) is 0 Å². The second-order valence-corrected chi connectivity index (χ2v) is 10.4. The molecule has 0 spiro atoms. The average Bonchev–Trinajstić information content (AvgIpc) is 3.54. The largest absolute Gasteiger partial charge is 0.346 e. The maximum Gasteiger partial charge on any atom is 0.260 e. The average molecular weight is 492 g/mol. The first-order valence-corrected chi connectivity index (χ1v) is 12.8. The molecule has 4 aromatic heterocycles. The van der Waals surface area contributed by atoms with E-state index in [9.17, 15) is 13.7 Å². The normalized spacial score (nSPS) is 16.3. The molecule has 0 radical (unpaired) electrons. The molecular weight excluding hydrogens is 466 g/mol. The summed E-state index contributed by atoms with van der Waals surface area (Å²) in [5, 5.41) is 14.9. The molecule has 1 atom stereocenters. The summed E-state index contributed by atoms with van der Waals surface area (Å²) in [4.78, 5) is 18.1. The minimum Gasteiger partial charge on any atom is -0.346 e. The molecule has 1 aliphatic heterocycles. The van der Waals surface area contributed by atoms with Crippen LogP contribution in [0.1, 0.15) is 18.2 Å². The van der Waals surface area contributed by atoms with Gasteiger partial charge < -0.3 is 4.98 Å². The van der Waals surface area contributed by atoms with E-state index < -0.39 is 10.0 Å². The van der Waals surface area contributed by atoms with Crippen LogP contribution in [0.25, 0.3) is 22.3 Å². The third-order valence-corrected chi connectivity index (χ3v) is 8.00. The molecule has 0 aromatic carbocycles. The smallest absolute Gasteiger partial charge is 0.260 e. The summed E-state index contributed by atoms with van der Waals surface area (Å²) in [6.07, 6.45) is 7.27. The highest BCUT2D eigenvalue weighted by molar-refractivity contribution is 7.89. The Kier molecular flexibility index (Phi) is 6.29. The molecule has 5 rings (SSSR count). The van der Waals surface area contributed by atoms with Gasteiger partial charge in [0.25, 0.3) is 10.0 Å². The number of aromatic amines is 1. The number of aryl methyl sites for hydroxylation is 1. The van der Waals surface area contributed by atoms with Gasteiger partial charge in [0.15, 0.2) is 5.03 Å². The molecule has 1 N–H and O–H groups in total. The van der Waals surface area contributed by atoms with Gasteiger partial charge in [0.1, 0.15) is 12.0 Å². The Balaban J connectivity index is 1.27. The first-order valence-electron chi connectivity index (χ1n) is 11.3. The van der Waals surface area contributed by atoms with Gasteiger partial charge in [-0.25, -0.2) is 23.4 Å². The highest BCUT2D eigenvalue weighted by atomic mass is 32.2. The number of piperazine rings is 1. The zero-order valence-corrected chi connectivity index (χ0v) is 20.1. The van der Waals surface area contributed by atoms with Gasteiger partial charge in [-0.1, -0.05) is 6.07 Å². The predicted octanol–water partition coefficient (Wildman–Crippen LogP) is 1.99. The summed E-state index contributed by atoms with van der Waals surface area (Å²) in [6.45, 7) is 4.24. The number of nitrogens with zero attached hydrogens (tertiary/aromatic N) is 8. The lowest BCUT2D eigenvalue weighted by Crippen LogP contribution is -2.50. The number of hydrogen-bond acceptors (Lipinski definition) is 8. The number of fused-ring (bicyclic) bond motifs is 1. The van der Waals surface area contributed by atoms with Crippen LogP contribution >= 0.6 is 0 Å². The van der Waals surface area contributed by atoms with E-state index in [0.29, 0.717) is 38.4 Å². The Hall–Kier alpha value is -3.66. The minimum atomic E-state index is -3.63. The molecule has 1 unspecified atom stereocenters. The zero-order chi connectivity index (χ0) is 24.4. The Labute approximate surface area is 203 Å². The summed E-state index contributed by atoms with van der Waals surface area (Å²) in [6, 6.07) is 9.03. The van der Waals surface area contributed by atoms with Crippen molar-refractivity contribution >= 4 is 21.1 Å². The van der Waals surface area contributed by atoms with Gasteiger partial charge in [0, 0.05) is 61.8 Å². The van der Waals surface area contributed by atoms with Crippen LogP contribution in [-0.4, -0.2) is 80.1 Å². The number of nitriles is 1. The van der Waals surface area contributed by atoms with E-state index in [0.717, 1.165) is 22.3 Å². The minimum absolute atomic E-state index is 0.0821. The number of pyridine rings is 1. The van der Waals surface area contributed by atoms with Crippen molar-refractivity contribution in [2.24, 2.45) is 0 Å². The van der Waals surface area contributed by atoms with Crippen LogP contribution in [0.15, 0.2) is 54.2 Å². The van der Waals surface area contributed by atoms with E-state index in [2.05, 4.69) is 36.0 Å². The Morgan fingerprint density at radius 1 is 1.17 bits per heavy atom. The molecule has 0 saturated carbocycles. The maximum atomic E-state index is 13.0. The molecule has 11 nitrogen and oxygen atoms in total. The quantitative estimate of drug-likeness (QED) is 0.414. The van der Waals surface area contributed by atoms with Crippen LogP contribution in [-0.2, 0) is 10.0 Å². The second-order valence-electron chi connectivity index (χ2n) is 8.51. The zero-order valence-electron chi connectivity index (χ0n) is 19.2. The number of aromatic nitrogens is 6. The van der Waals surface area contributed by atoms with Crippen molar-refractivity contribution in [3.05, 3.63) is 54.9 Å². The Morgan fingerprint density at radius 3 is 2.77 bits per heavy atom. The molecule has 1 saturated heterocycles. The molecule has 0 amide bonds. The van der Waals surface area contributed by atoms with Crippen molar-refractivity contribution in [3.8, 4) is 17.3 Å². The van der Waals surface area contributed by atoms with Crippen molar-refractivity contribution in [1.29, 1.82) is 5.26 Å².